The zero-order valence-corrected chi connectivity index (χ0v) is 27.3. The van der Waals surface area contributed by atoms with Gasteiger partial charge in [-0.15, -0.1) is 0 Å². The molecule has 0 amide bonds. The molecule has 9 rings (SSSR count). The van der Waals surface area contributed by atoms with Crippen LogP contribution in [0.2, 0.25) is 0 Å². The third kappa shape index (κ3) is 5.01. The molecule has 232 valence electrons. The molecular weight excluding hydrogens is 597 g/mol. The molecule has 0 N–H and O–H groups in total. The van der Waals surface area contributed by atoms with Crippen LogP contribution in [-0.2, 0) is 5.41 Å². The van der Waals surface area contributed by atoms with Crippen molar-refractivity contribution in [2.45, 2.75) is 19.3 Å². The second-order valence-electron chi connectivity index (χ2n) is 13.1. The van der Waals surface area contributed by atoms with Crippen molar-refractivity contribution in [1.29, 1.82) is 0 Å². The van der Waals surface area contributed by atoms with Crippen LogP contribution in [0.3, 0.4) is 0 Å². The van der Waals surface area contributed by atoms with Gasteiger partial charge in [-0.3, -0.25) is 0 Å². The number of rotatable bonds is 5. The van der Waals surface area contributed by atoms with Crippen LogP contribution in [0.4, 0.5) is 0 Å². The normalized spacial score (nSPS) is 12.9. The minimum Gasteiger partial charge on any atom is -0.248 e. The minimum absolute atomic E-state index is 0.115. The highest BCUT2D eigenvalue weighted by Gasteiger charge is 2.35. The highest BCUT2D eigenvalue weighted by molar-refractivity contribution is 6.02. The number of pyridine rings is 1. The summed E-state index contributed by atoms with van der Waals surface area (Å²) < 4.78 is 0. The van der Waals surface area contributed by atoms with Crippen LogP contribution in [0.25, 0.3) is 78.6 Å². The Bertz CT molecular complexity index is 2450. The van der Waals surface area contributed by atoms with Crippen molar-refractivity contribution < 1.29 is 0 Å². The van der Waals surface area contributed by atoms with Crippen LogP contribution in [0.15, 0.2) is 158 Å². The number of fused-ring (bicyclic) bond motifs is 4. The van der Waals surface area contributed by atoms with Gasteiger partial charge in [-0.05, 0) is 57.6 Å². The topological polar surface area (TPSA) is 51.6 Å². The second kappa shape index (κ2) is 11.5. The predicted molar refractivity (Wildman–Crippen MR) is 200 cm³/mol. The van der Waals surface area contributed by atoms with E-state index in [9.17, 15) is 0 Å². The third-order valence-electron chi connectivity index (χ3n) is 9.71. The van der Waals surface area contributed by atoms with Crippen molar-refractivity contribution in [3.63, 3.8) is 0 Å². The second-order valence-corrected chi connectivity index (χ2v) is 13.1. The number of hydrogen-bond donors (Lipinski definition) is 0. The van der Waals surface area contributed by atoms with Gasteiger partial charge in [0.2, 0.25) is 0 Å². The molecule has 0 fully saturated rings. The lowest BCUT2D eigenvalue weighted by atomic mass is 9.82. The van der Waals surface area contributed by atoms with Crippen LogP contribution < -0.4 is 0 Å². The molecule has 0 spiro atoms. The fourth-order valence-electron chi connectivity index (χ4n) is 7.18. The summed E-state index contributed by atoms with van der Waals surface area (Å²) in [7, 11) is 0. The van der Waals surface area contributed by atoms with Crippen molar-refractivity contribution >= 4 is 10.9 Å². The van der Waals surface area contributed by atoms with E-state index in [2.05, 4.69) is 105 Å². The van der Waals surface area contributed by atoms with E-state index in [1.165, 1.54) is 22.3 Å². The Morgan fingerprint density at radius 2 is 0.898 bits per heavy atom. The van der Waals surface area contributed by atoms with Gasteiger partial charge in [0.05, 0.1) is 11.2 Å². The Labute approximate surface area is 285 Å². The third-order valence-corrected chi connectivity index (χ3v) is 9.71. The first-order valence-electron chi connectivity index (χ1n) is 16.7. The Balaban J connectivity index is 1.26. The van der Waals surface area contributed by atoms with Crippen LogP contribution in [0, 0.1) is 0 Å². The van der Waals surface area contributed by atoms with Crippen LogP contribution in [0.1, 0.15) is 25.0 Å². The Hall–Kier alpha value is -6.26. The fraction of sp³-hybridized carbons (Fsp3) is 0.0667. The summed E-state index contributed by atoms with van der Waals surface area (Å²) >= 11 is 0. The largest absolute Gasteiger partial charge is 0.248 e. The number of nitrogens with zero attached hydrogens (tertiary/aromatic N) is 4. The Kier molecular flexibility index (Phi) is 6.77. The molecule has 4 nitrogen and oxygen atoms in total. The van der Waals surface area contributed by atoms with E-state index in [-0.39, 0.29) is 5.41 Å². The monoisotopic (exact) mass is 628 g/mol. The average Bonchev–Trinajstić information content (AvgIpc) is 3.39. The zero-order chi connectivity index (χ0) is 33.0. The van der Waals surface area contributed by atoms with Gasteiger partial charge >= 0.3 is 0 Å². The van der Waals surface area contributed by atoms with Crippen molar-refractivity contribution in [3.05, 3.63) is 169 Å². The maximum atomic E-state index is 5.28. The number of benzene rings is 6. The lowest BCUT2D eigenvalue weighted by Gasteiger charge is -2.22. The number of aromatic nitrogens is 4. The van der Waals surface area contributed by atoms with Crippen LogP contribution in [-0.4, -0.2) is 19.9 Å². The number of hydrogen-bond acceptors (Lipinski definition) is 4. The van der Waals surface area contributed by atoms with Gasteiger partial charge in [-0.2, -0.15) is 0 Å². The van der Waals surface area contributed by atoms with E-state index >= 15 is 0 Å². The van der Waals surface area contributed by atoms with E-state index in [0.29, 0.717) is 17.5 Å². The summed E-state index contributed by atoms with van der Waals surface area (Å²) in [6, 6.07) is 54.9. The molecule has 2 heterocycles. The summed E-state index contributed by atoms with van der Waals surface area (Å²) in [6.45, 7) is 4.63. The molecule has 0 saturated carbocycles. The van der Waals surface area contributed by atoms with Crippen molar-refractivity contribution in [2.24, 2.45) is 0 Å². The first-order valence-corrected chi connectivity index (χ1v) is 16.7. The predicted octanol–water partition coefficient (Wildman–Crippen LogP) is 11.1. The van der Waals surface area contributed by atoms with E-state index < -0.39 is 0 Å². The lowest BCUT2D eigenvalue weighted by molar-refractivity contribution is 0.661. The lowest BCUT2D eigenvalue weighted by Crippen LogP contribution is -2.14. The van der Waals surface area contributed by atoms with Gasteiger partial charge in [0.15, 0.2) is 17.5 Å². The highest BCUT2D eigenvalue weighted by atomic mass is 15.0. The van der Waals surface area contributed by atoms with Crippen molar-refractivity contribution in [3.8, 4) is 67.7 Å². The van der Waals surface area contributed by atoms with Gasteiger partial charge in [-0.25, -0.2) is 19.9 Å². The van der Waals surface area contributed by atoms with Gasteiger partial charge in [-0.1, -0.05) is 147 Å². The summed E-state index contributed by atoms with van der Waals surface area (Å²) in [5, 5.41) is 1.12. The molecule has 1 aliphatic rings. The molecule has 1 aliphatic carbocycles. The van der Waals surface area contributed by atoms with Gasteiger partial charge in [0, 0.05) is 33.1 Å². The van der Waals surface area contributed by atoms with E-state index in [4.69, 9.17) is 19.9 Å². The first-order chi connectivity index (χ1) is 24.0. The van der Waals surface area contributed by atoms with Gasteiger partial charge < -0.3 is 0 Å². The molecule has 8 aromatic rings. The van der Waals surface area contributed by atoms with Crippen LogP contribution in [0.5, 0.6) is 0 Å². The summed E-state index contributed by atoms with van der Waals surface area (Å²) in [4.78, 5) is 20.2. The van der Waals surface area contributed by atoms with Gasteiger partial charge in [0.1, 0.15) is 0 Å². The van der Waals surface area contributed by atoms with E-state index in [0.717, 1.165) is 50.0 Å². The maximum absolute atomic E-state index is 5.28. The fourth-order valence-corrected chi connectivity index (χ4v) is 7.18. The molecule has 0 aliphatic heterocycles. The standard InChI is InChI=1S/C45H32N4/c1-45(2)38-24-13-12-23-34(38)36-26-37-35(27-40(29-15-6-3-7-16-29)46-41(37)28-39(36)45)32-21-14-22-33(25-32)44-48-42(30-17-8-4-9-18-30)47-43(49-44)31-19-10-5-11-20-31/h3-28H,1-2H3. The Morgan fingerprint density at radius 1 is 0.367 bits per heavy atom. The minimum atomic E-state index is -0.115. The average molecular weight is 629 g/mol. The first kappa shape index (κ1) is 28.9. The summed E-state index contributed by atoms with van der Waals surface area (Å²) in [5.74, 6) is 1.92. The summed E-state index contributed by atoms with van der Waals surface area (Å²) in [6.07, 6.45) is 0. The van der Waals surface area contributed by atoms with Gasteiger partial charge in [0.25, 0.3) is 0 Å². The molecule has 0 unspecified atom stereocenters. The highest BCUT2D eigenvalue weighted by Crippen LogP contribution is 2.50. The molecule has 2 aromatic heterocycles. The molecule has 4 heteroatoms. The molecule has 0 atom stereocenters. The molecule has 6 aromatic carbocycles. The molecule has 49 heavy (non-hydrogen) atoms. The molecular formula is C45H32N4. The SMILES string of the molecule is CC1(C)c2ccccc2-c2cc3c(-c4cccc(-c5nc(-c6ccccc6)nc(-c6ccccc6)n5)c4)cc(-c4ccccc4)nc3cc21. The van der Waals surface area contributed by atoms with Crippen LogP contribution >= 0.6 is 0 Å². The van der Waals surface area contributed by atoms with E-state index in [1.807, 2.05) is 66.7 Å². The molecule has 0 radical (unpaired) electrons. The van der Waals surface area contributed by atoms with E-state index in [1.54, 1.807) is 0 Å². The molecule has 0 saturated heterocycles. The maximum Gasteiger partial charge on any atom is 0.164 e. The summed E-state index contributed by atoms with van der Waals surface area (Å²) in [5.41, 5.74) is 13.2. The zero-order valence-electron chi connectivity index (χ0n) is 27.3. The molecule has 0 bridgehead atoms. The van der Waals surface area contributed by atoms with Crippen molar-refractivity contribution in [2.75, 3.05) is 0 Å². The van der Waals surface area contributed by atoms with Crippen molar-refractivity contribution in [1.82, 2.24) is 19.9 Å². The smallest absolute Gasteiger partial charge is 0.164 e. The quantitative estimate of drug-likeness (QED) is 0.190. The Morgan fingerprint density at radius 3 is 1.55 bits per heavy atom.